The molecule has 0 saturated heterocycles. The van der Waals surface area contributed by atoms with E-state index in [0.29, 0.717) is 0 Å². The van der Waals surface area contributed by atoms with Crippen LogP contribution >= 0.6 is 0 Å². The van der Waals surface area contributed by atoms with E-state index in [4.69, 9.17) is 14.3 Å². The lowest BCUT2D eigenvalue weighted by atomic mass is 10.0. The second-order valence-electron chi connectivity index (χ2n) is 5.48. The van der Waals surface area contributed by atoms with E-state index in [2.05, 4.69) is 12.2 Å². The molecule has 17 heavy (non-hydrogen) atoms. The van der Waals surface area contributed by atoms with Gasteiger partial charge in [0.25, 0.3) is 0 Å². The van der Waals surface area contributed by atoms with Gasteiger partial charge in [-0.1, -0.05) is 12.8 Å². The molecule has 0 radical (unpaired) electrons. The van der Waals surface area contributed by atoms with Gasteiger partial charge in [-0.2, -0.15) is 9.59 Å². The molecule has 1 N–H and O–H groups in total. The summed E-state index contributed by atoms with van der Waals surface area (Å²) in [7, 11) is 0. The Morgan fingerprint density at radius 2 is 1.65 bits per heavy atom. The molecule has 0 aromatic heterocycles. The molecule has 98 valence electrons. The molecule has 1 fully saturated rings. The first-order chi connectivity index (χ1) is 7.72. The molecular weight excluding hydrogens is 222 g/mol. The Morgan fingerprint density at radius 1 is 1.24 bits per heavy atom. The van der Waals surface area contributed by atoms with Gasteiger partial charge in [-0.15, -0.1) is 0 Å². The Kier molecular flexibility index (Phi) is 5.89. The SMILES string of the molecule is CC1(NC(=O)OC(C)(C)C)CCCC1.O=C=O. The molecule has 0 aromatic rings. The molecule has 0 heterocycles. The molecule has 5 heteroatoms. The largest absolute Gasteiger partial charge is 0.444 e. The number of rotatable bonds is 1. The first-order valence-electron chi connectivity index (χ1n) is 5.73. The number of hydrogen-bond acceptors (Lipinski definition) is 4. The van der Waals surface area contributed by atoms with E-state index < -0.39 is 5.60 Å². The highest BCUT2D eigenvalue weighted by Gasteiger charge is 2.31. The predicted molar refractivity (Wildman–Crippen MR) is 61.2 cm³/mol. The summed E-state index contributed by atoms with van der Waals surface area (Å²) in [6.45, 7) is 7.72. The number of carbonyl (C=O) groups is 1. The number of nitrogens with one attached hydrogen (secondary N) is 1. The van der Waals surface area contributed by atoms with Crippen LogP contribution in [0.25, 0.3) is 0 Å². The second-order valence-corrected chi connectivity index (χ2v) is 5.48. The van der Waals surface area contributed by atoms with E-state index in [9.17, 15) is 4.79 Å². The molecule has 1 aliphatic carbocycles. The van der Waals surface area contributed by atoms with Crippen LogP contribution in [0, 0.1) is 0 Å². The highest BCUT2D eigenvalue weighted by molar-refractivity contribution is 5.68. The van der Waals surface area contributed by atoms with Crippen LogP contribution < -0.4 is 5.32 Å². The van der Waals surface area contributed by atoms with Crippen LogP contribution in [0.2, 0.25) is 0 Å². The molecule has 5 nitrogen and oxygen atoms in total. The quantitative estimate of drug-likeness (QED) is 0.766. The van der Waals surface area contributed by atoms with Crippen molar-refractivity contribution in [1.29, 1.82) is 0 Å². The minimum Gasteiger partial charge on any atom is -0.444 e. The highest BCUT2D eigenvalue weighted by atomic mass is 16.6. The first-order valence-corrected chi connectivity index (χ1v) is 5.73. The van der Waals surface area contributed by atoms with Crippen LogP contribution in [-0.4, -0.2) is 23.4 Å². The van der Waals surface area contributed by atoms with Gasteiger partial charge < -0.3 is 10.1 Å². The van der Waals surface area contributed by atoms with Crippen molar-refractivity contribution in [2.75, 3.05) is 0 Å². The number of amides is 1. The fourth-order valence-electron chi connectivity index (χ4n) is 1.83. The highest BCUT2D eigenvalue weighted by Crippen LogP contribution is 2.29. The summed E-state index contributed by atoms with van der Waals surface area (Å²) < 4.78 is 5.21. The van der Waals surface area contributed by atoms with Gasteiger partial charge in [0.05, 0.1) is 0 Å². The van der Waals surface area contributed by atoms with E-state index in [0.717, 1.165) is 12.8 Å². The van der Waals surface area contributed by atoms with Crippen molar-refractivity contribution >= 4 is 12.2 Å². The molecule has 0 unspecified atom stereocenters. The van der Waals surface area contributed by atoms with E-state index >= 15 is 0 Å². The second kappa shape index (κ2) is 6.40. The van der Waals surface area contributed by atoms with Crippen molar-refractivity contribution in [3.8, 4) is 0 Å². The summed E-state index contributed by atoms with van der Waals surface area (Å²) in [5.41, 5.74) is -0.443. The summed E-state index contributed by atoms with van der Waals surface area (Å²) >= 11 is 0. The Labute approximate surface area is 102 Å². The zero-order valence-electron chi connectivity index (χ0n) is 11.0. The summed E-state index contributed by atoms with van der Waals surface area (Å²) in [4.78, 5) is 27.7. The Balaban J connectivity index is 0.000000770. The fraction of sp³-hybridized carbons (Fsp3) is 0.833. The Hall–Kier alpha value is -1.35. The maximum absolute atomic E-state index is 11.5. The zero-order valence-corrected chi connectivity index (χ0v) is 11.0. The number of alkyl carbamates (subject to hydrolysis) is 1. The van der Waals surface area contributed by atoms with Gasteiger partial charge >= 0.3 is 12.2 Å². The lowest BCUT2D eigenvalue weighted by Crippen LogP contribution is -2.45. The maximum Gasteiger partial charge on any atom is 0.408 e. The first kappa shape index (κ1) is 15.7. The van der Waals surface area contributed by atoms with Gasteiger partial charge in [0.15, 0.2) is 0 Å². The molecule has 0 aromatic carbocycles. The molecule has 1 aliphatic rings. The van der Waals surface area contributed by atoms with Crippen LogP contribution in [0.5, 0.6) is 0 Å². The van der Waals surface area contributed by atoms with Gasteiger partial charge in [-0.25, -0.2) is 4.79 Å². The zero-order chi connectivity index (χ0) is 13.5. The van der Waals surface area contributed by atoms with E-state index in [1.165, 1.54) is 12.8 Å². The fourth-order valence-corrected chi connectivity index (χ4v) is 1.83. The molecule has 0 atom stereocenters. The number of hydrogen-bond donors (Lipinski definition) is 1. The van der Waals surface area contributed by atoms with Gasteiger partial charge in [-0.05, 0) is 40.5 Å². The molecular formula is C12H21NO4. The van der Waals surface area contributed by atoms with Crippen LogP contribution in [0.15, 0.2) is 0 Å². The molecule has 1 saturated carbocycles. The number of ether oxygens (including phenoxy) is 1. The van der Waals surface area contributed by atoms with E-state index in [-0.39, 0.29) is 17.8 Å². The van der Waals surface area contributed by atoms with Gasteiger partial charge in [0.1, 0.15) is 5.60 Å². The Morgan fingerprint density at radius 3 is 2.00 bits per heavy atom. The molecule has 1 rings (SSSR count). The topological polar surface area (TPSA) is 72.5 Å². The standard InChI is InChI=1S/C11H21NO2.CO2/c1-10(2,3)14-9(13)12-11(4)7-5-6-8-11;2-1-3/h5-8H2,1-4H3,(H,12,13);. The average molecular weight is 243 g/mol. The van der Waals surface area contributed by atoms with Crippen molar-refractivity contribution in [2.24, 2.45) is 0 Å². The summed E-state index contributed by atoms with van der Waals surface area (Å²) in [6.07, 6.45) is 4.48. The van der Waals surface area contributed by atoms with Gasteiger partial charge in [0, 0.05) is 5.54 Å². The van der Waals surface area contributed by atoms with Crippen molar-refractivity contribution < 1.29 is 19.1 Å². The molecule has 1 amide bonds. The van der Waals surface area contributed by atoms with Crippen molar-refractivity contribution in [3.63, 3.8) is 0 Å². The molecule has 0 aliphatic heterocycles. The van der Waals surface area contributed by atoms with Crippen molar-refractivity contribution in [3.05, 3.63) is 0 Å². The average Bonchev–Trinajstić information content (AvgIpc) is 2.48. The lowest BCUT2D eigenvalue weighted by Gasteiger charge is -2.28. The van der Waals surface area contributed by atoms with Crippen LogP contribution in [0.3, 0.4) is 0 Å². The van der Waals surface area contributed by atoms with E-state index in [1.54, 1.807) is 0 Å². The minimum atomic E-state index is -0.404. The third-order valence-corrected chi connectivity index (χ3v) is 2.51. The predicted octanol–water partition coefficient (Wildman–Crippen LogP) is 2.26. The Bertz CT molecular complexity index is 281. The van der Waals surface area contributed by atoms with Crippen molar-refractivity contribution in [1.82, 2.24) is 5.32 Å². The van der Waals surface area contributed by atoms with Crippen LogP contribution in [0.4, 0.5) is 4.79 Å². The van der Waals surface area contributed by atoms with Crippen molar-refractivity contribution in [2.45, 2.75) is 64.5 Å². The summed E-state index contributed by atoms with van der Waals surface area (Å²) in [6, 6.07) is 0. The summed E-state index contributed by atoms with van der Waals surface area (Å²) in [5, 5.41) is 2.95. The van der Waals surface area contributed by atoms with Crippen LogP contribution in [-0.2, 0) is 14.3 Å². The van der Waals surface area contributed by atoms with E-state index in [1.807, 2.05) is 20.8 Å². The lowest BCUT2D eigenvalue weighted by molar-refractivity contribution is -0.191. The molecule has 0 bridgehead atoms. The monoisotopic (exact) mass is 243 g/mol. The minimum absolute atomic E-state index is 0.0394. The smallest absolute Gasteiger partial charge is 0.408 e. The van der Waals surface area contributed by atoms with Gasteiger partial charge in [-0.3, -0.25) is 0 Å². The van der Waals surface area contributed by atoms with Crippen LogP contribution in [0.1, 0.15) is 53.4 Å². The number of carbonyl (C=O) groups excluding carboxylic acids is 3. The molecule has 0 spiro atoms. The summed E-state index contributed by atoms with van der Waals surface area (Å²) in [5.74, 6) is 0. The normalized spacial score (nSPS) is 17.4. The third-order valence-electron chi connectivity index (χ3n) is 2.51. The third kappa shape index (κ3) is 7.53. The maximum atomic E-state index is 11.5. The van der Waals surface area contributed by atoms with Gasteiger partial charge in [0.2, 0.25) is 0 Å².